The fourth-order valence-electron chi connectivity index (χ4n) is 3.29. The van der Waals surface area contributed by atoms with E-state index in [-0.39, 0.29) is 20.6 Å². The van der Waals surface area contributed by atoms with E-state index in [0.29, 0.717) is 22.8 Å². The highest BCUT2D eigenvalue weighted by atomic mass is 32.2. The highest BCUT2D eigenvalue weighted by Crippen LogP contribution is 2.38. The number of thiocarbonyl (C=S) groups is 1. The number of benzene rings is 2. The van der Waals surface area contributed by atoms with E-state index in [9.17, 15) is 25.0 Å². The zero-order chi connectivity index (χ0) is 23.9. The molecule has 0 unspecified atom stereocenters. The Balaban J connectivity index is 1.66. The maximum absolute atomic E-state index is 13.0. The Morgan fingerprint density at radius 1 is 1.03 bits per heavy atom. The molecular weight excluding hydrogens is 466 g/mol. The molecule has 2 aromatic carbocycles. The van der Waals surface area contributed by atoms with Crippen LogP contribution in [0, 0.1) is 34.1 Å². The summed E-state index contributed by atoms with van der Waals surface area (Å²) in [6, 6.07) is 12.0. The van der Waals surface area contributed by atoms with Gasteiger partial charge in [0.15, 0.2) is 4.32 Å². The number of carbonyl (C=O) groups excluding carboxylic acids is 1. The lowest BCUT2D eigenvalue weighted by Gasteiger charge is -2.13. The molecule has 2 heterocycles. The zero-order valence-electron chi connectivity index (χ0n) is 17.3. The molecule has 1 aliphatic rings. The van der Waals surface area contributed by atoms with Crippen LogP contribution in [0.3, 0.4) is 0 Å². The minimum Gasteiger partial charge on any atom is -0.456 e. The van der Waals surface area contributed by atoms with Gasteiger partial charge in [-0.1, -0.05) is 30.0 Å². The number of thioether (sulfide) groups is 1. The van der Waals surface area contributed by atoms with Gasteiger partial charge in [0.2, 0.25) is 0 Å². The van der Waals surface area contributed by atoms with Crippen LogP contribution in [-0.2, 0) is 4.79 Å². The molecule has 0 bridgehead atoms. The smallest absolute Gasteiger partial charge is 0.280 e. The number of hydrogen-bond donors (Lipinski definition) is 0. The van der Waals surface area contributed by atoms with Crippen molar-refractivity contribution in [3.05, 3.63) is 90.6 Å². The first-order valence-electron chi connectivity index (χ1n) is 9.54. The summed E-state index contributed by atoms with van der Waals surface area (Å²) < 4.78 is 6.02. The van der Waals surface area contributed by atoms with Gasteiger partial charge < -0.3 is 4.42 Å². The molecule has 1 fully saturated rings. The Labute approximate surface area is 197 Å². The number of amides is 1. The molecular formula is C22H15N3O6S2. The van der Waals surface area contributed by atoms with E-state index in [1.54, 1.807) is 31.2 Å². The Kier molecular flexibility index (Phi) is 5.83. The summed E-state index contributed by atoms with van der Waals surface area (Å²) in [4.78, 5) is 36.0. The van der Waals surface area contributed by atoms with E-state index < -0.39 is 15.8 Å². The van der Waals surface area contributed by atoms with Crippen LogP contribution in [0.15, 0.2) is 57.9 Å². The average molecular weight is 482 g/mol. The molecule has 4 rings (SSSR count). The second-order valence-corrected chi connectivity index (χ2v) is 8.88. The second kappa shape index (κ2) is 8.60. The van der Waals surface area contributed by atoms with Crippen LogP contribution >= 0.6 is 24.0 Å². The van der Waals surface area contributed by atoms with Gasteiger partial charge in [-0.25, -0.2) is 0 Å². The summed E-state index contributed by atoms with van der Waals surface area (Å²) in [5, 5.41) is 22.6. The molecule has 3 aromatic rings. The van der Waals surface area contributed by atoms with Gasteiger partial charge in [-0.3, -0.25) is 29.9 Å². The predicted octanol–water partition coefficient (Wildman–Crippen LogP) is 5.79. The number of furan rings is 1. The van der Waals surface area contributed by atoms with Gasteiger partial charge in [0.1, 0.15) is 11.5 Å². The highest BCUT2D eigenvalue weighted by molar-refractivity contribution is 8.27. The number of rotatable bonds is 5. The van der Waals surface area contributed by atoms with Crippen molar-refractivity contribution < 1.29 is 19.1 Å². The third-order valence-electron chi connectivity index (χ3n) is 5.07. The number of aryl methyl sites for hydroxylation is 2. The SMILES string of the molecule is Cc1cc(-c2ccc(/C=C3/SC(=S)N(c4cccc([N+](=O)[O-])c4)C3=O)o2)c([N+](=O)[O-])cc1C. The maximum atomic E-state index is 13.0. The van der Waals surface area contributed by atoms with Crippen molar-refractivity contribution in [3.8, 4) is 11.3 Å². The molecule has 9 nitrogen and oxygen atoms in total. The molecule has 0 N–H and O–H groups in total. The van der Waals surface area contributed by atoms with Gasteiger partial charge >= 0.3 is 0 Å². The van der Waals surface area contributed by atoms with E-state index in [0.717, 1.165) is 22.9 Å². The largest absolute Gasteiger partial charge is 0.456 e. The van der Waals surface area contributed by atoms with Crippen LogP contribution in [-0.4, -0.2) is 20.1 Å². The Hall–Kier alpha value is -3.83. The lowest BCUT2D eigenvalue weighted by molar-refractivity contribution is -0.384. The van der Waals surface area contributed by atoms with Crippen LogP contribution in [0.1, 0.15) is 16.9 Å². The topological polar surface area (TPSA) is 120 Å². The van der Waals surface area contributed by atoms with Crippen molar-refractivity contribution in [3.63, 3.8) is 0 Å². The summed E-state index contributed by atoms with van der Waals surface area (Å²) in [7, 11) is 0. The molecule has 11 heteroatoms. The molecule has 1 amide bonds. The minimum atomic E-state index is -0.548. The van der Waals surface area contributed by atoms with Gasteiger partial charge in [-0.15, -0.1) is 0 Å². The fourth-order valence-corrected chi connectivity index (χ4v) is 4.57. The van der Waals surface area contributed by atoms with Gasteiger partial charge in [0.05, 0.1) is 26.0 Å². The number of anilines is 1. The van der Waals surface area contributed by atoms with Crippen molar-refractivity contribution in [2.75, 3.05) is 4.90 Å². The summed E-state index contributed by atoms with van der Waals surface area (Å²) in [6.45, 7) is 3.65. The van der Waals surface area contributed by atoms with E-state index in [1.165, 1.54) is 35.2 Å². The first-order valence-corrected chi connectivity index (χ1v) is 10.8. The number of non-ortho nitro benzene ring substituents is 1. The fraction of sp³-hybridized carbons (Fsp3) is 0.0909. The normalized spacial score (nSPS) is 14.8. The van der Waals surface area contributed by atoms with E-state index >= 15 is 0 Å². The molecule has 0 spiro atoms. The van der Waals surface area contributed by atoms with Gasteiger partial charge in [-0.2, -0.15) is 0 Å². The third-order valence-corrected chi connectivity index (χ3v) is 6.37. The lowest BCUT2D eigenvalue weighted by atomic mass is 10.0. The molecule has 1 saturated heterocycles. The number of nitrogens with zero attached hydrogens (tertiary/aromatic N) is 3. The van der Waals surface area contributed by atoms with Crippen LogP contribution < -0.4 is 4.90 Å². The number of carbonyl (C=O) groups is 1. The van der Waals surface area contributed by atoms with Crippen molar-refractivity contribution in [1.29, 1.82) is 0 Å². The van der Waals surface area contributed by atoms with Crippen LogP contribution in [0.4, 0.5) is 17.1 Å². The first kappa shape index (κ1) is 22.4. The van der Waals surface area contributed by atoms with Crippen molar-refractivity contribution >= 4 is 57.3 Å². The molecule has 33 heavy (non-hydrogen) atoms. The molecule has 0 aliphatic carbocycles. The van der Waals surface area contributed by atoms with Gasteiger partial charge in [0.25, 0.3) is 17.3 Å². The van der Waals surface area contributed by atoms with E-state index in [2.05, 4.69) is 0 Å². The third kappa shape index (κ3) is 4.28. The summed E-state index contributed by atoms with van der Waals surface area (Å²) in [5.41, 5.74) is 2.08. The second-order valence-electron chi connectivity index (χ2n) is 7.21. The quantitative estimate of drug-likeness (QED) is 0.194. The van der Waals surface area contributed by atoms with Crippen molar-refractivity contribution in [2.24, 2.45) is 0 Å². The van der Waals surface area contributed by atoms with Crippen LogP contribution in [0.5, 0.6) is 0 Å². The van der Waals surface area contributed by atoms with Crippen LogP contribution in [0.2, 0.25) is 0 Å². The predicted molar refractivity (Wildman–Crippen MR) is 129 cm³/mol. The number of hydrogen-bond acceptors (Lipinski definition) is 8. The summed E-state index contributed by atoms with van der Waals surface area (Å²) >= 11 is 6.34. The summed E-state index contributed by atoms with van der Waals surface area (Å²) in [6.07, 6.45) is 1.49. The van der Waals surface area contributed by atoms with Crippen molar-refractivity contribution in [1.82, 2.24) is 0 Å². The van der Waals surface area contributed by atoms with Gasteiger partial charge in [-0.05, 0) is 49.2 Å². The Bertz CT molecular complexity index is 1380. The molecule has 1 aliphatic heterocycles. The average Bonchev–Trinajstić information content (AvgIpc) is 3.34. The van der Waals surface area contributed by atoms with Gasteiger partial charge in [0, 0.05) is 24.3 Å². The first-order chi connectivity index (χ1) is 15.7. The lowest BCUT2D eigenvalue weighted by Crippen LogP contribution is -2.27. The van der Waals surface area contributed by atoms with E-state index in [1.807, 2.05) is 6.92 Å². The Morgan fingerprint density at radius 2 is 1.76 bits per heavy atom. The molecule has 166 valence electrons. The highest BCUT2D eigenvalue weighted by Gasteiger charge is 2.34. The maximum Gasteiger partial charge on any atom is 0.280 e. The monoisotopic (exact) mass is 481 g/mol. The van der Waals surface area contributed by atoms with E-state index in [4.69, 9.17) is 16.6 Å². The standard InChI is InChI=1S/C22H15N3O6S2/c1-12-8-17(18(25(29)30)9-13(12)2)19-7-6-16(31-19)11-20-21(26)23(22(32)33-20)14-4-3-5-15(10-14)24(27)28/h3-11H,1-2H3/b20-11+. The molecule has 0 saturated carbocycles. The number of nitro groups is 2. The zero-order valence-corrected chi connectivity index (χ0v) is 18.9. The van der Waals surface area contributed by atoms with Crippen molar-refractivity contribution in [2.45, 2.75) is 13.8 Å². The molecule has 0 atom stereocenters. The Morgan fingerprint density at radius 3 is 2.45 bits per heavy atom. The minimum absolute atomic E-state index is 0.0732. The summed E-state index contributed by atoms with van der Waals surface area (Å²) in [5.74, 6) is 0.169. The molecule has 1 aromatic heterocycles. The number of nitro benzene ring substituents is 2. The molecule has 0 radical (unpaired) electrons. The van der Waals surface area contributed by atoms with Crippen LogP contribution in [0.25, 0.3) is 17.4 Å².